The number of hydrogen-bond donors (Lipinski definition) is 4. The maximum atomic E-state index is 10.2. The molecule has 1 aliphatic rings. The van der Waals surface area contributed by atoms with Crippen LogP contribution in [0.15, 0.2) is 6.33 Å². The Morgan fingerprint density at radius 2 is 2.00 bits per heavy atom. The van der Waals surface area contributed by atoms with Crippen molar-refractivity contribution in [3.63, 3.8) is 0 Å². The number of aliphatic hydroxyl groups excluding tert-OH is 3. The third-order valence-electron chi connectivity index (χ3n) is 3.79. The van der Waals surface area contributed by atoms with Crippen molar-refractivity contribution in [2.24, 2.45) is 0 Å². The molecule has 9 nitrogen and oxygen atoms in total. The molecule has 0 saturated carbocycles. The van der Waals surface area contributed by atoms with Crippen LogP contribution in [0.25, 0.3) is 11.2 Å². The minimum atomic E-state index is -1.61. The number of aliphatic hydroxyl groups is 3. The molecule has 4 atom stereocenters. The summed E-state index contributed by atoms with van der Waals surface area (Å²) in [6.45, 7) is 5.90. The summed E-state index contributed by atoms with van der Waals surface area (Å²) in [5.74, 6) is 3.38. The van der Waals surface area contributed by atoms with Gasteiger partial charge in [0.15, 0.2) is 17.7 Å². The van der Waals surface area contributed by atoms with Crippen molar-refractivity contribution < 1.29 is 20.1 Å². The Kier molecular flexibility index (Phi) is 4.52. The van der Waals surface area contributed by atoms with Crippen molar-refractivity contribution in [1.29, 1.82) is 0 Å². The number of nitrogen functional groups attached to an aromatic ring is 1. The van der Waals surface area contributed by atoms with E-state index >= 15 is 0 Å². The van der Waals surface area contributed by atoms with Crippen molar-refractivity contribution in [1.82, 2.24) is 19.5 Å². The molecule has 0 spiro atoms. The third-order valence-corrected chi connectivity index (χ3v) is 4.66. The van der Waals surface area contributed by atoms with Crippen molar-refractivity contribution in [3.8, 4) is 11.5 Å². The highest BCUT2D eigenvalue weighted by Crippen LogP contribution is 2.31. The summed E-state index contributed by atoms with van der Waals surface area (Å²) in [6, 6.07) is 0. The zero-order chi connectivity index (χ0) is 18.4. The summed E-state index contributed by atoms with van der Waals surface area (Å²) >= 11 is 0. The number of nitrogens with two attached hydrogens (primary N) is 1. The number of nitrogens with zero attached hydrogens (tertiary/aromatic N) is 4. The van der Waals surface area contributed by atoms with Crippen molar-refractivity contribution in [2.45, 2.75) is 44.2 Å². The van der Waals surface area contributed by atoms with Gasteiger partial charge < -0.3 is 25.8 Å². The predicted molar refractivity (Wildman–Crippen MR) is 93.0 cm³/mol. The molecule has 0 radical (unpaired) electrons. The molecule has 3 rings (SSSR count). The molecule has 10 heteroatoms. The van der Waals surface area contributed by atoms with E-state index in [2.05, 4.69) is 46.1 Å². The Hall–Kier alpha value is -2.03. The number of hydrogen-bond acceptors (Lipinski definition) is 8. The fourth-order valence-corrected chi connectivity index (χ4v) is 3.02. The summed E-state index contributed by atoms with van der Waals surface area (Å²) in [6.07, 6.45) is -2.86. The number of imidazole rings is 1. The van der Waals surface area contributed by atoms with Crippen LogP contribution in [0.3, 0.4) is 0 Å². The molecule has 0 amide bonds. The molecule has 3 heterocycles. The highest BCUT2D eigenvalue weighted by atomic mass is 28.3. The van der Waals surface area contributed by atoms with Crippen molar-refractivity contribution in [3.05, 3.63) is 12.2 Å². The third kappa shape index (κ3) is 3.37. The van der Waals surface area contributed by atoms with Crippen LogP contribution in [0.4, 0.5) is 5.82 Å². The van der Waals surface area contributed by atoms with Crippen LogP contribution in [0.5, 0.6) is 0 Å². The quantitative estimate of drug-likeness (QED) is 0.404. The highest BCUT2D eigenvalue weighted by molar-refractivity contribution is 6.83. The van der Waals surface area contributed by atoms with Crippen LogP contribution in [0, 0.1) is 11.5 Å². The van der Waals surface area contributed by atoms with E-state index in [1.165, 1.54) is 10.9 Å². The standard InChI is InChI=1S/C15H21N5O4Si/c1-25(2,3)5-4-9-18-13(16)10-14(19-9)20(7-17-10)15-12(23)11(22)8(6-21)24-15/h7-8,11-12,15,21-23H,6H2,1-3H3,(H2,16,18,19)/t8-,11-,12-,15-/m1/s1. The first-order valence-electron chi connectivity index (χ1n) is 7.87. The minimum absolute atomic E-state index is 0.176. The molecule has 1 aliphatic heterocycles. The van der Waals surface area contributed by atoms with E-state index in [0.29, 0.717) is 11.2 Å². The second-order valence-corrected chi connectivity index (χ2v) is 11.7. The molecule has 2 aromatic rings. The van der Waals surface area contributed by atoms with Gasteiger partial charge in [0, 0.05) is 0 Å². The van der Waals surface area contributed by atoms with Gasteiger partial charge in [0.1, 0.15) is 31.9 Å². The monoisotopic (exact) mass is 363 g/mol. The van der Waals surface area contributed by atoms with E-state index in [0.717, 1.165) is 0 Å². The number of rotatable bonds is 2. The van der Waals surface area contributed by atoms with E-state index in [-0.39, 0.29) is 11.6 Å². The van der Waals surface area contributed by atoms with Gasteiger partial charge in [0.05, 0.1) is 12.9 Å². The van der Waals surface area contributed by atoms with Gasteiger partial charge in [0.25, 0.3) is 0 Å². The maximum absolute atomic E-state index is 10.2. The molecule has 5 N–H and O–H groups in total. The highest BCUT2D eigenvalue weighted by Gasteiger charge is 2.44. The van der Waals surface area contributed by atoms with Gasteiger partial charge in [-0.1, -0.05) is 19.6 Å². The summed E-state index contributed by atoms with van der Waals surface area (Å²) in [5, 5.41) is 29.4. The molecule has 1 fully saturated rings. The summed E-state index contributed by atoms with van der Waals surface area (Å²) in [5.41, 5.74) is 9.82. The minimum Gasteiger partial charge on any atom is -0.394 e. The lowest BCUT2D eigenvalue weighted by Crippen LogP contribution is -2.33. The number of ether oxygens (including phenoxy) is 1. The van der Waals surface area contributed by atoms with Crippen LogP contribution in [0.2, 0.25) is 19.6 Å². The Bertz CT molecular complexity index is 853. The first-order valence-corrected chi connectivity index (χ1v) is 11.4. The van der Waals surface area contributed by atoms with Gasteiger partial charge in [-0.3, -0.25) is 4.57 Å². The normalized spacial score (nSPS) is 26.6. The molecule has 25 heavy (non-hydrogen) atoms. The summed E-state index contributed by atoms with van der Waals surface area (Å²) in [4.78, 5) is 12.7. The fourth-order valence-electron chi connectivity index (χ4n) is 2.53. The van der Waals surface area contributed by atoms with E-state index in [1.54, 1.807) is 0 Å². The Balaban J connectivity index is 2.05. The van der Waals surface area contributed by atoms with Crippen LogP contribution in [0.1, 0.15) is 12.1 Å². The van der Waals surface area contributed by atoms with E-state index in [1.807, 2.05) is 0 Å². The molecule has 0 aromatic carbocycles. The van der Waals surface area contributed by atoms with E-state index in [9.17, 15) is 15.3 Å². The van der Waals surface area contributed by atoms with Gasteiger partial charge in [-0.05, 0) is 5.92 Å². The molecule has 134 valence electrons. The topological polar surface area (TPSA) is 140 Å². The molecular weight excluding hydrogens is 342 g/mol. The van der Waals surface area contributed by atoms with Gasteiger partial charge in [0.2, 0.25) is 5.82 Å². The van der Waals surface area contributed by atoms with E-state index in [4.69, 9.17) is 10.5 Å². The molecule has 1 saturated heterocycles. The lowest BCUT2D eigenvalue weighted by Gasteiger charge is -2.16. The van der Waals surface area contributed by atoms with E-state index < -0.39 is 39.2 Å². The lowest BCUT2D eigenvalue weighted by molar-refractivity contribution is -0.0511. The first kappa shape index (κ1) is 17.8. The molecule has 0 bridgehead atoms. The zero-order valence-electron chi connectivity index (χ0n) is 14.2. The average Bonchev–Trinajstić information content (AvgIpc) is 3.07. The second kappa shape index (κ2) is 6.36. The average molecular weight is 363 g/mol. The van der Waals surface area contributed by atoms with Gasteiger partial charge in [-0.2, -0.15) is 0 Å². The van der Waals surface area contributed by atoms with Crippen LogP contribution >= 0.6 is 0 Å². The zero-order valence-corrected chi connectivity index (χ0v) is 15.2. The van der Waals surface area contributed by atoms with Crippen LogP contribution < -0.4 is 5.73 Å². The number of aromatic nitrogens is 4. The largest absolute Gasteiger partial charge is 0.394 e. The fraction of sp³-hybridized carbons (Fsp3) is 0.533. The molecule has 2 aromatic heterocycles. The number of fused-ring (bicyclic) bond motifs is 1. The van der Waals surface area contributed by atoms with Crippen LogP contribution in [-0.4, -0.2) is 67.8 Å². The first-order chi connectivity index (χ1) is 11.7. The van der Waals surface area contributed by atoms with Gasteiger partial charge in [-0.25, -0.2) is 15.0 Å². The molecule has 0 aliphatic carbocycles. The predicted octanol–water partition coefficient (Wildman–Crippen LogP) is -0.751. The molecular formula is C15H21N5O4Si. The SMILES string of the molecule is C[Si](C)(C)C#Cc1nc(N)c2ncn([C@@H]3O[C@H](CO)[C@@H](O)[C@H]3O)c2n1. The Morgan fingerprint density at radius 3 is 2.60 bits per heavy atom. The Morgan fingerprint density at radius 1 is 1.28 bits per heavy atom. The smallest absolute Gasteiger partial charge is 0.208 e. The van der Waals surface area contributed by atoms with Gasteiger partial charge >= 0.3 is 0 Å². The van der Waals surface area contributed by atoms with Gasteiger partial charge in [-0.15, -0.1) is 5.54 Å². The molecule has 0 unspecified atom stereocenters. The van der Waals surface area contributed by atoms with Crippen LogP contribution in [-0.2, 0) is 4.74 Å². The number of anilines is 1. The summed E-state index contributed by atoms with van der Waals surface area (Å²) < 4.78 is 6.99. The summed E-state index contributed by atoms with van der Waals surface area (Å²) in [7, 11) is -1.61. The van der Waals surface area contributed by atoms with Crippen molar-refractivity contribution in [2.75, 3.05) is 12.3 Å². The Labute approximate surface area is 145 Å². The second-order valence-electron chi connectivity index (χ2n) is 6.99. The van der Waals surface area contributed by atoms with Crippen molar-refractivity contribution >= 4 is 25.1 Å². The lowest BCUT2D eigenvalue weighted by atomic mass is 10.1. The maximum Gasteiger partial charge on any atom is 0.208 e.